The molecule has 1 aliphatic carbocycles. The molecule has 2 aliphatic heterocycles. The average Bonchev–Trinajstić information content (AvgIpc) is 3.39. The molecule has 3 heterocycles. The molecular weight excluding hydrogens is 626 g/mol. The van der Waals surface area contributed by atoms with Crippen molar-refractivity contribution >= 4 is 34.2 Å². The number of phenolic OH excluding ortho intramolecular Hbond substituents is 1. The van der Waals surface area contributed by atoms with E-state index in [0.29, 0.717) is 24.8 Å². The number of fused-ring (bicyclic) bond motifs is 2. The molecule has 4 aromatic rings. The monoisotopic (exact) mass is 671 g/mol. The van der Waals surface area contributed by atoms with Crippen LogP contribution in [-0.4, -0.2) is 73.8 Å². The second-order valence-electron chi connectivity index (χ2n) is 14.1. The number of hydrogen-bond donors (Lipinski definition) is 3. The van der Waals surface area contributed by atoms with Gasteiger partial charge in [-0.3, -0.25) is 24.4 Å². The lowest BCUT2D eigenvalue weighted by Gasteiger charge is -2.36. The van der Waals surface area contributed by atoms with Crippen molar-refractivity contribution in [2.75, 3.05) is 19.7 Å². The molecule has 2 amide bonds. The number of carbonyl (C=O) groups is 2. The number of hydrogen-bond acceptors (Lipinski definition) is 7. The van der Waals surface area contributed by atoms with E-state index in [4.69, 9.17) is 0 Å². The Balaban J connectivity index is 1.08. The standard InChI is InChI=1S/C42H45N3O5/c1-27-23-34-40(42(50)45(41(34)49)31-18-21-44(22-19-31)25-28-9-3-2-4-10-28)35(26-46)39(27)38(48)17-15-30(36-13-7-8-20-43-36)24-29-14-16-37(47)33-12-6-5-11-32(29)33/h2-14,16,20,24,31,34-35,38,40,46-48H,15,17-19,21-23,25-26H2,1H3/b30-24-/t34-,35+,38-,40-/m1/s1. The number of allylic oxidation sites excluding steroid dienone is 2. The fourth-order valence-electron chi connectivity index (χ4n) is 8.57. The van der Waals surface area contributed by atoms with Crippen molar-refractivity contribution < 1.29 is 24.9 Å². The minimum Gasteiger partial charge on any atom is -0.507 e. The molecule has 2 fully saturated rings. The lowest BCUT2D eigenvalue weighted by atomic mass is 9.68. The van der Waals surface area contributed by atoms with E-state index in [0.717, 1.165) is 65.7 Å². The van der Waals surface area contributed by atoms with Crippen LogP contribution in [0.3, 0.4) is 0 Å². The fraction of sp³-hybridized carbons (Fsp3) is 0.357. The summed E-state index contributed by atoms with van der Waals surface area (Å²) < 4.78 is 0. The van der Waals surface area contributed by atoms with Crippen LogP contribution in [-0.2, 0) is 16.1 Å². The van der Waals surface area contributed by atoms with Gasteiger partial charge in [-0.1, -0.05) is 72.3 Å². The first-order valence-corrected chi connectivity index (χ1v) is 17.8. The van der Waals surface area contributed by atoms with Gasteiger partial charge in [-0.2, -0.15) is 0 Å². The number of aromatic hydroxyl groups is 1. The van der Waals surface area contributed by atoms with Crippen LogP contribution in [0.2, 0.25) is 0 Å². The molecule has 50 heavy (non-hydrogen) atoms. The number of pyridine rings is 1. The Morgan fingerprint density at radius 3 is 2.36 bits per heavy atom. The number of aliphatic hydroxyl groups is 2. The molecule has 7 rings (SSSR count). The van der Waals surface area contributed by atoms with Gasteiger partial charge in [0.2, 0.25) is 11.8 Å². The molecule has 3 N–H and O–H groups in total. The highest BCUT2D eigenvalue weighted by molar-refractivity contribution is 6.06. The van der Waals surface area contributed by atoms with Gasteiger partial charge < -0.3 is 15.3 Å². The summed E-state index contributed by atoms with van der Waals surface area (Å²) in [5, 5.41) is 34.7. The van der Waals surface area contributed by atoms with Gasteiger partial charge in [0, 0.05) is 43.2 Å². The van der Waals surface area contributed by atoms with Gasteiger partial charge in [0.15, 0.2) is 0 Å². The number of imide groups is 1. The van der Waals surface area contributed by atoms with Crippen molar-refractivity contribution in [3.05, 3.63) is 119 Å². The molecule has 8 nitrogen and oxygen atoms in total. The minimum atomic E-state index is -0.907. The predicted octanol–water partition coefficient (Wildman–Crippen LogP) is 6.22. The van der Waals surface area contributed by atoms with Gasteiger partial charge in [-0.15, -0.1) is 0 Å². The molecule has 0 unspecified atom stereocenters. The van der Waals surface area contributed by atoms with E-state index in [1.807, 2.05) is 73.7 Å². The first kappa shape index (κ1) is 33.8. The Bertz CT molecular complexity index is 1920. The molecule has 1 aromatic heterocycles. The number of rotatable bonds is 10. The summed E-state index contributed by atoms with van der Waals surface area (Å²) in [6.45, 7) is 4.08. The van der Waals surface area contributed by atoms with E-state index in [9.17, 15) is 24.9 Å². The van der Waals surface area contributed by atoms with E-state index in [-0.39, 0.29) is 30.2 Å². The van der Waals surface area contributed by atoms with Gasteiger partial charge in [-0.05, 0) is 91.0 Å². The summed E-state index contributed by atoms with van der Waals surface area (Å²) in [7, 11) is 0. The van der Waals surface area contributed by atoms with Crippen LogP contribution in [0.1, 0.15) is 55.8 Å². The number of aliphatic hydroxyl groups excluding tert-OH is 2. The Morgan fingerprint density at radius 1 is 0.920 bits per heavy atom. The van der Waals surface area contributed by atoms with Crippen molar-refractivity contribution in [1.29, 1.82) is 0 Å². The molecule has 0 bridgehead atoms. The van der Waals surface area contributed by atoms with Gasteiger partial charge >= 0.3 is 0 Å². The maximum atomic E-state index is 14.1. The summed E-state index contributed by atoms with van der Waals surface area (Å²) >= 11 is 0. The smallest absolute Gasteiger partial charge is 0.234 e. The first-order valence-electron chi connectivity index (χ1n) is 17.8. The van der Waals surface area contributed by atoms with Crippen LogP contribution in [0.15, 0.2) is 102 Å². The number of phenols is 1. The van der Waals surface area contributed by atoms with Crippen LogP contribution in [0.25, 0.3) is 22.4 Å². The van der Waals surface area contributed by atoms with Crippen molar-refractivity contribution in [1.82, 2.24) is 14.8 Å². The summed E-state index contributed by atoms with van der Waals surface area (Å²) in [4.78, 5) is 36.5. The molecule has 0 radical (unpaired) electrons. The van der Waals surface area contributed by atoms with E-state index >= 15 is 0 Å². The molecule has 8 heteroatoms. The zero-order valence-electron chi connectivity index (χ0n) is 28.5. The minimum absolute atomic E-state index is 0.130. The number of likely N-dealkylation sites (tertiary alicyclic amines) is 2. The van der Waals surface area contributed by atoms with Gasteiger partial charge in [0.25, 0.3) is 0 Å². The second kappa shape index (κ2) is 14.7. The molecule has 258 valence electrons. The molecule has 2 saturated heterocycles. The lowest BCUT2D eigenvalue weighted by molar-refractivity contribution is -0.144. The van der Waals surface area contributed by atoms with Crippen molar-refractivity contribution in [2.24, 2.45) is 17.8 Å². The Hall–Kier alpha value is -4.63. The van der Waals surface area contributed by atoms with Crippen LogP contribution in [0.5, 0.6) is 5.75 Å². The Labute approximate surface area is 293 Å². The number of benzene rings is 3. The van der Waals surface area contributed by atoms with Crippen LogP contribution >= 0.6 is 0 Å². The summed E-state index contributed by atoms with van der Waals surface area (Å²) in [6, 6.07) is 27.2. The third-order valence-corrected chi connectivity index (χ3v) is 11.0. The van der Waals surface area contributed by atoms with Gasteiger partial charge in [0.1, 0.15) is 5.75 Å². The Kier molecular flexibility index (Phi) is 9.95. The highest BCUT2D eigenvalue weighted by atomic mass is 16.3. The van der Waals surface area contributed by atoms with Crippen LogP contribution < -0.4 is 0 Å². The molecule has 3 aromatic carbocycles. The Morgan fingerprint density at radius 2 is 1.64 bits per heavy atom. The highest BCUT2D eigenvalue weighted by Gasteiger charge is 2.56. The number of carbonyl (C=O) groups excluding carboxylic acids is 2. The zero-order valence-corrected chi connectivity index (χ0v) is 28.5. The summed E-state index contributed by atoms with van der Waals surface area (Å²) in [5.74, 6) is -1.92. The van der Waals surface area contributed by atoms with E-state index in [2.05, 4.69) is 28.1 Å². The lowest BCUT2D eigenvalue weighted by Crippen LogP contribution is -2.47. The number of piperidine rings is 1. The van der Waals surface area contributed by atoms with E-state index < -0.39 is 23.9 Å². The summed E-state index contributed by atoms with van der Waals surface area (Å²) in [5.41, 5.74) is 5.45. The van der Waals surface area contributed by atoms with Gasteiger partial charge in [-0.25, -0.2) is 0 Å². The average molecular weight is 672 g/mol. The highest BCUT2D eigenvalue weighted by Crippen LogP contribution is 2.47. The number of amides is 2. The maximum absolute atomic E-state index is 14.1. The largest absolute Gasteiger partial charge is 0.507 e. The normalized spacial score (nSPS) is 22.7. The van der Waals surface area contributed by atoms with E-state index in [1.165, 1.54) is 10.5 Å². The molecule has 0 spiro atoms. The molecule has 0 saturated carbocycles. The van der Waals surface area contributed by atoms with Crippen LogP contribution in [0.4, 0.5) is 0 Å². The molecule has 4 atom stereocenters. The fourth-order valence-corrected chi connectivity index (χ4v) is 8.57. The first-order chi connectivity index (χ1) is 24.3. The third-order valence-electron chi connectivity index (χ3n) is 11.0. The zero-order chi connectivity index (χ0) is 34.8. The second-order valence-corrected chi connectivity index (χ2v) is 14.1. The summed E-state index contributed by atoms with van der Waals surface area (Å²) in [6.07, 6.45) is 5.59. The quantitative estimate of drug-likeness (QED) is 0.136. The van der Waals surface area contributed by atoms with Crippen LogP contribution in [0, 0.1) is 17.8 Å². The molecular formula is C42H45N3O5. The van der Waals surface area contributed by atoms with E-state index in [1.54, 1.807) is 12.3 Å². The maximum Gasteiger partial charge on any atom is 0.234 e. The molecule has 3 aliphatic rings. The topological polar surface area (TPSA) is 114 Å². The number of nitrogens with zero attached hydrogens (tertiary/aromatic N) is 3. The third kappa shape index (κ3) is 6.63. The van der Waals surface area contributed by atoms with Gasteiger partial charge in [0.05, 0.1) is 30.2 Å². The van der Waals surface area contributed by atoms with Crippen molar-refractivity contribution in [2.45, 2.75) is 57.7 Å². The number of aromatic nitrogens is 1. The predicted molar refractivity (Wildman–Crippen MR) is 194 cm³/mol. The van der Waals surface area contributed by atoms with Crippen molar-refractivity contribution in [3.8, 4) is 5.75 Å². The van der Waals surface area contributed by atoms with Crippen molar-refractivity contribution in [3.63, 3.8) is 0 Å². The SMILES string of the molecule is CC1=C([C@H](O)CC/C(=C/c2ccc(O)c3ccccc23)c2ccccn2)[C@H](CO)[C@@H]2C(=O)N(C3CCN(Cc4ccccc4)CC3)C(=O)[C@@H]2C1.